The van der Waals surface area contributed by atoms with Gasteiger partial charge in [0.2, 0.25) is 11.8 Å². The minimum absolute atomic E-state index is 0.0954. The zero-order chi connectivity index (χ0) is 28.9. The van der Waals surface area contributed by atoms with Crippen molar-refractivity contribution in [2.45, 2.75) is 84.0 Å². The number of aromatic nitrogens is 1. The Morgan fingerprint density at radius 3 is 2.46 bits per heavy atom. The Morgan fingerprint density at radius 1 is 1.17 bits per heavy atom. The number of aliphatic hydroxyl groups is 1. The largest absolute Gasteiger partial charge is 0.388 e. The molecule has 9 rings (SSSR count). The Kier molecular flexibility index (Phi) is 6.25. The number of likely N-dealkylation sites (tertiary alicyclic amines) is 1. The number of carbonyl (C=O) groups is 3. The average Bonchev–Trinajstić information content (AvgIpc) is 3.33. The molecule has 10 heteroatoms. The smallest absolute Gasteiger partial charge is 0.265 e. The number of carbonyl (C=O) groups excluding carboxylic acids is 3. The predicted molar refractivity (Wildman–Crippen MR) is 153 cm³/mol. The molecular weight excluding hydrogens is 540 g/mol. The molecule has 4 aliphatic carbocycles. The van der Waals surface area contributed by atoms with E-state index in [0.717, 1.165) is 5.92 Å². The maximum atomic E-state index is 14.2. The van der Waals surface area contributed by atoms with Crippen LogP contribution in [0.3, 0.4) is 0 Å². The quantitative estimate of drug-likeness (QED) is 0.551. The van der Waals surface area contributed by atoms with E-state index < -0.39 is 29.1 Å². The molecule has 1 spiro atoms. The SMILES string of the molecule is CC(C)(O)[C@H]1NC(=O)[C@@H]2CN(C(=O)c3cncs3)CC23CN(C3)C(=O)[C@H]2C([C@H]1OCC13CCC(CC1)CC3)C2(C)C. The first-order valence-corrected chi connectivity index (χ1v) is 16.3. The second-order valence-corrected chi connectivity index (χ2v) is 16.3. The summed E-state index contributed by atoms with van der Waals surface area (Å²) in [4.78, 5) is 49.7. The molecule has 41 heavy (non-hydrogen) atoms. The summed E-state index contributed by atoms with van der Waals surface area (Å²) >= 11 is 1.30. The Hall–Kier alpha value is -2.04. The first-order valence-electron chi connectivity index (χ1n) is 15.4. The van der Waals surface area contributed by atoms with E-state index in [4.69, 9.17) is 4.74 Å². The van der Waals surface area contributed by atoms with E-state index in [1.807, 2.05) is 4.90 Å². The molecule has 1 unspecified atom stereocenters. The number of hydrogen-bond acceptors (Lipinski definition) is 7. The van der Waals surface area contributed by atoms with Gasteiger partial charge in [0, 0.05) is 43.4 Å². The van der Waals surface area contributed by atoms with Gasteiger partial charge in [0.1, 0.15) is 4.88 Å². The molecule has 3 amide bonds. The number of nitrogens with one attached hydrogen (secondary N) is 1. The van der Waals surface area contributed by atoms with E-state index >= 15 is 0 Å². The Balaban J connectivity index is 1.20. The highest BCUT2D eigenvalue weighted by Gasteiger charge is 2.71. The molecule has 8 aliphatic rings. The summed E-state index contributed by atoms with van der Waals surface area (Å²) < 4.78 is 6.89. The monoisotopic (exact) mass is 584 g/mol. The lowest BCUT2D eigenvalue weighted by atomic mass is 9.61. The van der Waals surface area contributed by atoms with Gasteiger partial charge in [-0.3, -0.25) is 19.4 Å². The summed E-state index contributed by atoms with van der Waals surface area (Å²) in [6, 6.07) is -0.679. The number of nitrogens with zero attached hydrogens (tertiary/aromatic N) is 3. The van der Waals surface area contributed by atoms with Crippen molar-refractivity contribution in [3.63, 3.8) is 0 Å². The van der Waals surface area contributed by atoms with Gasteiger partial charge in [0.25, 0.3) is 5.91 Å². The summed E-state index contributed by atoms with van der Waals surface area (Å²) in [6.07, 6.45) is 8.36. The predicted octanol–water partition coefficient (Wildman–Crippen LogP) is 2.94. The van der Waals surface area contributed by atoms with Crippen LogP contribution in [0.25, 0.3) is 0 Å². The van der Waals surface area contributed by atoms with Crippen LogP contribution in [0.2, 0.25) is 0 Å². The molecule has 0 radical (unpaired) electrons. The average molecular weight is 585 g/mol. The molecule has 5 atom stereocenters. The molecule has 1 aromatic heterocycles. The Labute approximate surface area is 246 Å². The van der Waals surface area contributed by atoms with Crippen molar-refractivity contribution in [3.8, 4) is 0 Å². The summed E-state index contributed by atoms with van der Waals surface area (Å²) in [7, 11) is 0. The Bertz CT molecular complexity index is 1210. The molecule has 4 saturated heterocycles. The van der Waals surface area contributed by atoms with Crippen LogP contribution < -0.4 is 5.32 Å². The molecule has 1 aromatic rings. The number of rotatable bonds is 5. The van der Waals surface area contributed by atoms with Crippen molar-refractivity contribution in [1.82, 2.24) is 20.1 Å². The third-order valence-electron chi connectivity index (χ3n) is 12.0. The summed E-state index contributed by atoms with van der Waals surface area (Å²) in [6.45, 7) is 9.98. The lowest BCUT2D eigenvalue weighted by molar-refractivity contribution is -0.151. The van der Waals surface area contributed by atoms with Gasteiger partial charge in [-0.15, -0.1) is 11.3 Å². The number of ether oxygens (including phenoxy) is 1. The fourth-order valence-electron chi connectivity index (χ4n) is 9.26. The van der Waals surface area contributed by atoms with E-state index in [9.17, 15) is 19.5 Å². The molecule has 4 aliphatic heterocycles. The van der Waals surface area contributed by atoms with Gasteiger partial charge in [-0.1, -0.05) is 13.8 Å². The first-order chi connectivity index (χ1) is 19.3. The number of hydrogen-bond donors (Lipinski definition) is 2. The molecule has 0 aromatic carbocycles. The van der Waals surface area contributed by atoms with Gasteiger partial charge in [-0.25, -0.2) is 0 Å². The van der Waals surface area contributed by atoms with Gasteiger partial charge in [-0.2, -0.15) is 0 Å². The highest BCUT2D eigenvalue weighted by atomic mass is 32.1. The van der Waals surface area contributed by atoms with Gasteiger partial charge in [-0.05, 0) is 69.1 Å². The van der Waals surface area contributed by atoms with Gasteiger partial charge in [0.15, 0.2) is 0 Å². The fraction of sp³-hybridized carbons (Fsp3) is 0.806. The van der Waals surface area contributed by atoms with Crippen LogP contribution in [0, 0.1) is 39.9 Å². The Morgan fingerprint density at radius 2 is 1.85 bits per heavy atom. The van der Waals surface area contributed by atoms with Gasteiger partial charge >= 0.3 is 0 Å². The third-order valence-corrected chi connectivity index (χ3v) is 12.7. The molecule has 4 saturated carbocycles. The number of thiazole rings is 1. The van der Waals surface area contributed by atoms with E-state index in [1.54, 1.807) is 30.5 Å². The van der Waals surface area contributed by atoms with Crippen molar-refractivity contribution >= 4 is 29.1 Å². The van der Waals surface area contributed by atoms with E-state index in [0.29, 0.717) is 31.1 Å². The maximum absolute atomic E-state index is 14.2. The first kappa shape index (κ1) is 27.8. The topological polar surface area (TPSA) is 112 Å². The van der Waals surface area contributed by atoms with Crippen LogP contribution in [0.15, 0.2) is 11.7 Å². The normalized spacial score (nSPS) is 38.9. The highest BCUT2D eigenvalue weighted by molar-refractivity contribution is 7.11. The van der Waals surface area contributed by atoms with Gasteiger partial charge < -0.3 is 25.0 Å². The number of fused-ring (bicyclic) bond motifs is 6. The summed E-state index contributed by atoms with van der Waals surface area (Å²) in [5.74, 6) is -0.103. The third kappa shape index (κ3) is 4.37. The van der Waals surface area contributed by atoms with E-state index in [-0.39, 0.29) is 46.9 Å². The summed E-state index contributed by atoms with van der Waals surface area (Å²) in [5.41, 5.74) is -0.261. The van der Waals surface area contributed by atoms with Crippen LogP contribution in [-0.2, 0) is 14.3 Å². The van der Waals surface area contributed by atoms with Gasteiger partial charge in [0.05, 0.1) is 42.0 Å². The molecule has 2 N–H and O–H groups in total. The molecular formula is C31H44N4O5S. The second kappa shape index (κ2) is 9.23. The lowest BCUT2D eigenvalue weighted by Crippen LogP contribution is -2.65. The number of amides is 3. The molecule has 9 nitrogen and oxygen atoms in total. The molecule has 5 heterocycles. The van der Waals surface area contributed by atoms with Crippen molar-refractivity contribution in [2.24, 2.45) is 39.9 Å². The van der Waals surface area contributed by atoms with Crippen molar-refractivity contribution in [3.05, 3.63) is 16.6 Å². The van der Waals surface area contributed by atoms with Crippen LogP contribution >= 0.6 is 11.3 Å². The van der Waals surface area contributed by atoms with Crippen molar-refractivity contribution in [1.29, 1.82) is 0 Å². The van der Waals surface area contributed by atoms with Crippen LogP contribution in [0.5, 0.6) is 0 Å². The molecule has 8 fully saturated rings. The molecule has 4 bridgehead atoms. The zero-order valence-corrected chi connectivity index (χ0v) is 25.5. The van der Waals surface area contributed by atoms with E-state index in [2.05, 4.69) is 24.1 Å². The van der Waals surface area contributed by atoms with Crippen LogP contribution in [-0.4, -0.2) is 88.1 Å². The summed E-state index contributed by atoms with van der Waals surface area (Å²) in [5, 5.41) is 14.8. The van der Waals surface area contributed by atoms with Crippen LogP contribution in [0.4, 0.5) is 0 Å². The van der Waals surface area contributed by atoms with E-state index in [1.165, 1.54) is 49.9 Å². The minimum atomic E-state index is -1.27. The lowest BCUT2D eigenvalue weighted by Gasteiger charge is -2.50. The maximum Gasteiger partial charge on any atom is 0.265 e. The molecule has 224 valence electrons. The van der Waals surface area contributed by atoms with Crippen molar-refractivity contribution < 1.29 is 24.2 Å². The minimum Gasteiger partial charge on any atom is -0.388 e. The van der Waals surface area contributed by atoms with Crippen molar-refractivity contribution in [2.75, 3.05) is 32.8 Å². The highest BCUT2D eigenvalue weighted by Crippen LogP contribution is 2.64. The van der Waals surface area contributed by atoms with Crippen LogP contribution in [0.1, 0.15) is 75.9 Å². The standard InChI is InChI=1S/C31H44N4O5S/c1-28(2)21-22(28)27(38)35-14-31(15-35)13-34(26(37)20-11-32-17-41-20)12-19(31)25(36)33-24(29(3,4)39)23(21)40-16-30-8-5-18(6-9-30)7-10-30/h11,17-19,21-24,39H,5-10,12-16H2,1-4H3,(H,33,36)/t18?,19-,21?,22+,23+,24-,30?/m0/s1. The second-order valence-electron chi connectivity index (χ2n) is 15.4. The fourth-order valence-corrected chi connectivity index (χ4v) is 9.85. The zero-order valence-electron chi connectivity index (χ0n) is 24.7.